The molecular weight excluding hydrogens is 280 g/mol. The third kappa shape index (κ3) is 5.35. The summed E-state index contributed by atoms with van der Waals surface area (Å²) in [6, 6.07) is 8.91. The number of allylic oxidation sites excluding steroid dienone is 2. The van der Waals surface area contributed by atoms with E-state index in [0.29, 0.717) is 31.6 Å². The highest BCUT2D eigenvalue weighted by Crippen LogP contribution is 2.19. The molecule has 1 aromatic carbocycles. The lowest BCUT2D eigenvalue weighted by Gasteiger charge is -2.16. The van der Waals surface area contributed by atoms with Crippen LogP contribution >= 0.6 is 0 Å². The third-order valence-corrected chi connectivity index (χ3v) is 3.63. The summed E-state index contributed by atoms with van der Waals surface area (Å²) < 4.78 is 10.4. The summed E-state index contributed by atoms with van der Waals surface area (Å²) in [7, 11) is 0. The fraction of sp³-hybridized carbons (Fsp3) is 0.444. The van der Waals surface area contributed by atoms with E-state index in [1.54, 1.807) is 24.3 Å². The molecule has 22 heavy (non-hydrogen) atoms. The third-order valence-electron chi connectivity index (χ3n) is 3.63. The van der Waals surface area contributed by atoms with Crippen LogP contribution < -0.4 is 0 Å². The van der Waals surface area contributed by atoms with E-state index in [0.717, 1.165) is 19.3 Å². The first-order valence-electron chi connectivity index (χ1n) is 7.81. The Bertz CT molecular complexity index is 507. The van der Waals surface area contributed by atoms with Crippen LogP contribution in [0.25, 0.3) is 0 Å². The first-order chi connectivity index (χ1) is 10.8. The van der Waals surface area contributed by atoms with Crippen molar-refractivity contribution < 1.29 is 19.1 Å². The fourth-order valence-corrected chi connectivity index (χ4v) is 2.32. The molecule has 0 fully saturated rings. The zero-order valence-corrected chi connectivity index (χ0v) is 12.7. The van der Waals surface area contributed by atoms with Gasteiger partial charge < -0.3 is 9.47 Å². The molecule has 4 nitrogen and oxygen atoms in total. The minimum absolute atomic E-state index is 0.0147. The molecule has 118 valence electrons. The number of carbonyl (C=O) groups excluding carboxylic acids is 2. The molecule has 1 unspecified atom stereocenters. The van der Waals surface area contributed by atoms with Crippen LogP contribution in [0.15, 0.2) is 42.5 Å². The van der Waals surface area contributed by atoms with Gasteiger partial charge in [-0.15, -0.1) is 0 Å². The average molecular weight is 302 g/mol. The van der Waals surface area contributed by atoms with Crippen LogP contribution in [0.4, 0.5) is 0 Å². The molecule has 4 heteroatoms. The number of unbranched alkanes of at least 4 members (excludes halogenated alkanes) is 1. The van der Waals surface area contributed by atoms with E-state index in [1.165, 1.54) is 0 Å². The van der Waals surface area contributed by atoms with Crippen molar-refractivity contribution in [3.8, 4) is 0 Å². The minimum Gasteiger partial charge on any atom is -0.465 e. The van der Waals surface area contributed by atoms with E-state index >= 15 is 0 Å². The molecule has 0 aliphatic heterocycles. The normalized spacial score (nSPS) is 17.0. The average Bonchev–Trinajstić information content (AvgIpc) is 2.59. The molecule has 0 saturated heterocycles. The van der Waals surface area contributed by atoms with Gasteiger partial charge in [0.25, 0.3) is 0 Å². The van der Waals surface area contributed by atoms with Gasteiger partial charge in [0.05, 0.1) is 24.7 Å². The van der Waals surface area contributed by atoms with Crippen LogP contribution in [0.3, 0.4) is 0 Å². The highest BCUT2D eigenvalue weighted by molar-refractivity contribution is 5.89. The van der Waals surface area contributed by atoms with Gasteiger partial charge in [0, 0.05) is 0 Å². The van der Waals surface area contributed by atoms with Crippen molar-refractivity contribution in [1.82, 2.24) is 0 Å². The maximum atomic E-state index is 11.8. The standard InChI is InChI=1S/C18H22O4/c19-17(15-9-3-1-4-10-15)21-13-7-8-14-22-18(20)16-11-5-2-6-12-16/h1-5,9-10,16H,6-8,11-14H2. The smallest absolute Gasteiger partial charge is 0.338 e. The van der Waals surface area contributed by atoms with Crippen LogP contribution in [0.2, 0.25) is 0 Å². The number of benzene rings is 1. The molecular formula is C18H22O4. The lowest BCUT2D eigenvalue weighted by molar-refractivity contribution is -0.149. The summed E-state index contributed by atoms with van der Waals surface area (Å²) in [4.78, 5) is 23.5. The predicted molar refractivity (Wildman–Crippen MR) is 83.4 cm³/mol. The van der Waals surface area contributed by atoms with Gasteiger partial charge >= 0.3 is 11.9 Å². The number of ether oxygens (including phenoxy) is 2. The highest BCUT2D eigenvalue weighted by atomic mass is 16.5. The zero-order valence-electron chi connectivity index (χ0n) is 12.7. The molecule has 0 spiro atoms. The number of rotatable bonds is 7. The van der Waals surface area contributed by atoms with Gasteiger partial charge in [-0.25, -0.2) is 4.79 Å². The lowest BCUT2D eigenvalue weighted by Crippen LogP contribution is -2.19. The summed E-state index contributed by atoms with van der Waals surface area (Å²) in [5.74, 6) is -0.405. The second-order valence-electron chi connectivity index (χ2n) is 5.36. The first-order valence-corrected chi connectivity index (χ1v) is 7.81. The quantitative estimate of drug-likeness (QED) is 0.439. The summed E-state index contributed by atoms with van der Waals surface area (Å²) in [5.41, 5.74) is 0.555. The number of hydrogen-bond acceptors (Lipinski definition) is 4. The molecule has 1 aliphatic carbocycles. The van der Waals surface area contributed by atoms with Crippen LogP contribution in [0.1, 0.15) is 42.5 Å². The van der Waals surface area contributed by atoms with Gasteiger partial charge in [-0.1, -0.05) is 30.4 Å². The maximum absolute atomic E-state index is 11.8. The number of hydrogen-bond donors (Lipinski definition) is 0. The van der Waals surface area contributed by atoms with Crippen molar-refractivity contribution in [3.63, 3.8) is 0 Å². The topological polar surface area (TPSA) is 52.6 Å². The lowest BCUT2D eigenvalue weighted by atomic mass is 9.95. The molecule has 0 N–H and O–H groups in total. The van der Waals surface area contributed by atoms with E-state index < -0.39 is 0 Å². The van der Waals surface area contributed by atoms with Gasteiger partial charge in [-0.2, -0.15) is 0 Å². The van der Waals surface area contributed by atoms with Crippen molar-refractivity contribution in [2.75, 3.05) is 13.2 Å². The molecule has 0 amide bonds. The van der Waals surface area contributed by atoms with Crippen LogP contribution in [0.5, 0.6) is 0 Å². The molecule has 0 radical (unpaired) electrons. The molecule has 0 heterocycles. The summed E-state index contributed by atoms with van der Waals surface area (Å²) in [5, 5.41) is 0. The van der Waals surface area contributed by atoms with E-state index in [2.05, 4.69) is 6.08 Å². The molecule has 2 rings (SSSR count). The second kappa shape index (κ2) is 9.03. The maximum Gasteiger partial charge on any atom is 0.338 e. The Balaban J connectivity index is 1.53. The molecule has 1 aromatic rings. The molecule has 1 aliphatic rings. The van der Waals surface area contributed by atoms with E-state index in [4.69, 9.17) is 9.47 Å². The van der Waals surface area contributed by atoms with Crippen LogP contribution in [-0.4, -0.2) is 25.2 Å². The van der Waals surface area contributed by atoms with Crippen molar-refractivity contribution >= 4 is 11.9 Å². The van der Waals surface area contributed by atoms with Gasteiger partial charge in [-0.3, -0.25) is 4.79 Å². The van der Waals surface area contributed by atoms with Gasteiger partial charge in [-0.05, 0) is 44.2 Å². The van der Waals surface area contributed by atoms with E-state index in [-0.39, 0.29) is 17.9 Å². The van der Waals surface area contributed by atoms with Crippen molar-refractivity contribution in [2.45, 2.75) is 32.1 Å². The largest absolute Gasteiger partial charge is 0.465 e. The Hall–Kier alpha value is -2.10. The molecule has 0 aromatic heterocycles. The number of esters is 2. The highest BCUT2D eigenvalue weighted by Gasteiger charge is 2.19. The fourth-order valence-electron chi connectivity index (χ4n) is 2.32. The molecule has 0 bridgehead atoms. The van der Waals surface area contributed by atoms with Crippen molar-refractivity contribution in [2.24, 2.45) is 5.92 Å². The SMILES string of the molecule is O=C(OCCCCOC(=O)C1CC=CCC1)c1ccccc1. The van der Waals surface area contributed by atoms with Crippen molar-refractivity contribution in [3.05, 3.63) is 48.0 Å². The Morgan fingerprint density at radius 3 is 2.41 bits per heavy atom. The van der Waals surface area contributed by atoms with Crippen molar-refractivity contribution in [1.29, 1.82) is 0 Å². The second-order valence-corrected chi connectivity index (χ2v) is 5.36. The Morgan fingerprint density at radius 2 is 1.73 bits per heavy atom. The Morgan fingerprint density at radius 1 is 1.00 bits per heavy atom. The van der Waals surface area contributed by atoms with Crippen LogP contribution in [0, 0.1) is 5.92 Å². The van der Waals surface area contributed by atoms with Gasteiger partial charge in [0.15, 0.2) is 0 Å². The Kier molecular flexibility index (Phi) is 6.68. The predicted octanol–water partition coefficient (Wildman–Crippen LogP) is 3.52. The van der Waals surface area contributed by atoms with Gasteiger partial charge in [0.2, 0.25) is 0 Å². The van der Waals surface area contributed by atoms with Crippen LogP contribution in [-0.2, 0) is 14.3 Å². The summed E-state index contributed by atoms with van der Waals surface area (Å²) in [6.45, 7) is 0.735. The minimum atomic E-state index is -0.313. The summed E-state index contributed by atoms with van der Waals surface area (Å²) >= 11 is 0. The molecule has 0 saturated carbocycles. The molecule has 1 atom stereocenters. The zero-order chi connectivity index (χ0) is 15.6. The van der Waals surface area contributed by atoms with E-state index in [9.17, 15) is 9.59 Å². The van der Waals surface area contributed by atoms with E-state index in [1.807, 2.05) is 12.1 Å². The number of carbonyl (C=O) groups is 2. The Labute approximate surface area is 131 Å². The first kappa shape index (κ1) is 16.3. The van der Waals surface area contributed by atoms with Gasteiger partial charge in [0.1, 0.15) is 0 Å². The monoisotopic (exact) mass is 302 g/mol. The summed E-state index contributed by atoms with van der Waals surface area (Å²) in [6.07, 6.45) is 8.16.